The molecule has 232 valence electrons. The normalized spacial score (nSPS) is 11.9. The molecule has 3 amide bonds. The van der Waals surface area contributed by atoms with Crippen LogP contribution in [0.25, 0.3) is 10.9 Å². The van der Waals surface area contributed by atoms with Crippen LogP contribution in [0.15, 0.2) is 42.6 Å². The molecule has 3 rings (SSSR count). The third kappa shape index (κ3) is 10.2. The molecule has 0 aliphatic heterocycles. The van der Waals surface area contributed by atoms with Gasteiger partial charge in [0.05, 0.1) is 5.52 Å². The number of ether oxygens (including phenoxy) is 3. The summed E-state index contributed by atoms with van der Waals surface area (Å²) in [6.45, 7) is 9.38. The smallest absolute Gasteiger partial charge is 0.433 e. The van der Waals surface area contributed by atoms with Crippen LogP contribution in [0.1, 0.15) is 52.8 Å². The number of halogens is 3. The maximum absolute atomic E-state index is 13.6. The van der Waals surface area contributed by atoms with Crippen LogP contribution in [-0.2, 0) is 33.5 Å². The largest absolute Gasteiger partial charge is 0.444 e. The first-order valence-electron chi connectivity index (χ1n) is 13.0. The standard InChI is InChI=1S/C28H33F3N6O6/c1-26(2,3)42-24(39)33-14-16-12-20(28(29,30)31)34-22(13-16)41-19-9-7-8-18-17(19)10-11-37(18)15-21(38)35-23(32)36-25(40)43-27(4,5)6/h7-13H,14-15H2,1-6H3,(H,33,39)(H3,32,35,36,38,40). The number of alkyl carbamates (subject to hydrolysis) is 2. The highest BCUT2D eigenvalue weighted by Crippen LogP contribution is 2.34. The zero-order valence-electron chi connectivity index (χ0n) is 24.4. The van der Waals surface area contributed by atoms with E-state index in [1.807, 2.05) is 0 Å². The molecule has 3 aromatic rings. The fourth-order valence-corrected chi connectivity index (χ4v) is 3.65. The molecule has 0 atom stereocenters. The highest BCUT2D eigenvalue weighted by molar-refractivity contribution is 6.01. The van der Waals surface area contributed by atoms with Gasteiger partial charge < -0.3 is 24.1 Å². The molecule has 43 heavy (non-hydrogen) atoms. The fraction of sp³-hybridized carbons (Fsp3) is 0.393. The Morgan fingerprint density at radius 1 is 0.930 bits per heavy atom. The van der Waals surface area contributed by atoms with E-state index < -0.39 is 47.1 Å². The summed E-state index contributed by atoms with van der Waals surface area (Å²) in [6, 6.07) is 8.43. The highest BCUT2D eigenvalue weighted by Gasteiger charge is 2.33. The molecule has 0 radical (unpaired) electrons. The van der Waals surface area contributed by atoms with Crippen LogP contribution in [0.2, 0.25) is 0 Å². The van der Waals surface area contributed by atoms with Gasteiger partial charge in [0, 0.05) is 24.2 Å². The van der Waals surface area contributed by atoms with E-state index in [1.54, 1.807) is 65.9 Å². The lowest BCUT2D eigenvalue weighted by molar-refractivity contribution is -0.141. The molecule has 0 fully saturated rings. The molecule has 0 aliphatic rings. The first-order chi connectivity index (χ1) is 19.8. The number of pyridine rings is 1. The van der Waals surface area contributed by atoms with Crippen LogP contribution in [0.5, 0.6) is 11.6 Å². The maximum Gasteiger partial charge on any atom is 0.433 e. The van der Waals surface area contributed by atoms with Crippen molar-refractivity contribution in [1.29, 1.82) is 5.41 Å². The SMILES string of the molecule is CC(C)(C)OC(=O)NCc1cc(Oc2cccc3c2ccn3CC(=O)NC(=N)NC(=O)OC(C)(C)C)nc(C(F)(F)F)c1. The van der Waals surface area contributed by atoms with Gasteiger partial charge in [0.15, 0.2) is 0 Å². The van der Waals surface area contributed by atoms with Crippen molar-refractivity contribution in [2.45, 2.75) is 72.0 Å². The second kappa shape index (κ2) is 12.6. The van der Waals surface area contributed by atoms with Gasteiger partial charge in [0.2, 0.25) is 17.7 Å². The number of fused-ring (bicyclic) bond motifs is 1. The second-order valence-corrected chi connectivity index (χ2v) is 11.3. The van der Waals surface area contributed by atoms with Crippen molar-refractivity contribution in [3.05, 3.63) is 53.9 Å². The molecule has 2 heterocycles. The molecule has 12 nitrogen and oxygen atoms in total. The third-order valence-electron chi connectivity index (χ3n) is 5.18. The summed E-state index contributed by atoms with van der Waals surface area (Å²) < 4.78 is 58.3. The van der Waals surface area contributed by atoms with Crippen molar-refractivity contribution in [1.82, 2.24) is 25.5 Å². The van der Waals surface area contributed by atoms with E-state index in [0.29, 0.717) is 10.9 Å². The molecule has 1 aromatic carbocycles. The van der Waals surface area contributed by atoms with E-state index >= 15 is 0 Å². The Hall–Kier alpha value is -4.82. The molecule has 0 spiro atoms. The number of guanidine groups is 1. The molecule has 0 unspecified atom stereocenters. The van der Waals surface area contributed by atoms with Crippen LogP contribution in [-0.4, -0.2) is 44.8 Å². The summed E-state index contributed by atoms with van der Waals surface area (Å²) >= 11 is 0. The van der Waals surface area contributed by atoms with Gasteiger partial charge in [-0.1, -0.05) is 6.07 Å². The van der Waals surface area contributed by atoms with Crippen molar-refractivity contribution in [3.8, 4) is 11.6 Å². The van der Waals surface area contributed by atoms with Crippen LogP contribution in [0.4, 0.5) is 22.8 Å². The van der Waals surface area contributed by atoms with Gasteiger partial charge in [-0.25, -0.2) is 14.6 Å². The number of benzene rings is 1. The first kappa shape index (κ1) is 32.7. The topological polar surface area (TPSA) is 157 Å². The average Bonchev–Trinajstić information content (AvgIpc) is 3.23. The second-order valence-electron chi connectivity index (χ2n) is 11.3. The quantitative estimate of drug-likeness (QED) is 0.215. The van der Waals surface area contributed by atoms with Crippen molar-refractivity contribution in [2.24, 2.45) is 0 Å². The Bertz CT molecular complexity index is 1520. The van der Waals surface area contributed by atoms with Crippen LogP contribution < -0.4 is 20.7 Å². The van der Waals surface area contributed by atoms with Gasteiger partial charge >= 0.3 is 18.4 Å². The lowest BCUT2D eigenvalue weighted by Crippen LogP contribution is -2.45. The number of alkyl halides is 3. The number of hydrogen-bond acceptors (Lipinski definition) is 8. The zero-order valence-corrected chi connectivity index (χ0v) is 24.4. The highest BCUT2D eigenvalue weighted by atomic mass is 19.4. The molecule has 0 saturated heterocycles. The molecule has 2 aromatic heterocycles. The van der Waals surface area contributed by atoms with Gasteiger partial charge in [0.1, 0.15) is 29.2 Å². The molecule has 0 bridgehead atoms. The average molecular weight is 607 g/mol. The summed E-state index contributed by atoms with van der Waals surface area (Å²) in [4.78, 5) is 39.9. The van der Waals surface area contributed by atoms with Crippen molar-refractivity contribution < 1.29 is 41.8 Å². The van der Waals surface area contributed by atoms with E-state index in [4.69, 9.17) is 19.6 Å². The van der Waals surface area contributed by atoms with Crippen LogP contribution >= 0.6 is 0 Å². The Kier molecular flexibility index (Phi) is 9.57. The molecule has 4 N–H and O–H groups in total. The minimum Gasteiger partial charge on any atom is -0.444 e. The molecule has 0 aliphatic carbocycles. The number of aromatic nitrogens is 2. The van der Waals surface area contributed by atoms with E-state index in [1.165, 1.54) is 16.7 Å². The summed E-state index contributed by atoms with van der Waals surface area (Å²) in [7, 11) is 0. The van der Waals surface area contributed by atoms with Crippen molar-refractivity contribution >= 4 is 35.0 Å². The summed E-state index contributed by atoms with van der Waals surface area (Å²) in [5.41, 5.74) is -2.22. The number of carbonyl (C=O) groups excluding carboxylic acids is 3. The van der Waals surface area contributed by atoms with Crippen molar-refractivity contribution in [3.63, 3.8) is 0 Å². The lowest BCUT2D eigenvalue weighted by atomic mass is 10.2. The molecule has 0 saturated carbocycles. The number of carbonyl (C=O) groups is 3. The van der Waals surface area contributed by atoms with Gasteiger partial charge in [-0.3, -0.25) is 20.8 Å². The first-order valence-corrected chi connectivity index (χ1v) is 13.0. The predicted molar refractivity (Wildman–Crippen MR) is 150 cm³/mol. The van der Waals surface area contributed by atoms with E-state index in [2.05, 4.69) is 20.9 Å². The minimum absolute atomic E-state index is 0.0760. The number of nitrogens with zero attached hydrogens (tertiary/aromatic N) is 2. The van der Waals surface area contributed by atoms with Gasteiger partial charge in [-0.15, -0.1) is 0 Å². The number of hydrogen-bond donors (Lipinski definition) is 4. The van der Waals surface area contributed by atoms with E-state index in [9.17, 15) is 27.6 Å². The van der Waals surface area contributed by atoms with E-state index in [-0.39, 0.29) is 30.3 Å². The van der Waals surface area contributed by atoms with Crippen LogP contribution in [0.3, 0.4) is 0 Å². The fourth-order valence-electron chi connectivity index (χ4n) is 3.65. The number of nitrogens with one attached hydrogen (secondary N) is 4. The van der Waals surface area contributed by atoms with Crippen LogP contribution in [0, 0.1) is 5.41 Å². The monoisotopic (exact) mass is 606 g/mol. The molecule has 15 heteroatoms. The zero-order chi connectivity index (χ0) is 32.2. The summed E-state index contributed by atoms with van der Waals surface area (Å²) in [5.74, 6) is -1.41. The number of rotatable bonds is 6. The van der Waals surface area contributed by atoms with Gasteiger partial charge in [0.25, 0.3) is 0 Å². The Balaban J connectivity index is 1.76. The Morgan fingerprint density at radius 3 is 2.21 bits per heavy atom. The van der Waals surface area contributed by atoms with Gasteiger partial charge in [-0.2, -0.15) is 13.2 Å². The minimum atomic E-state index is -4.78. The van der Waals surface area contributed by atoms with Crippen molar-refractivity contribution in [2.75, 3.05) is 0 Å². The maximum atomic E-state index is 13.6. The summed E-state index contributed by atoms with van der Waals surface area (Å²) in [6.07, 6.45) is -4.93. The molecular weight excluding hydrogens is 573 g/mol. The number of amides is 3. The third-order valence-corrected chi connectivity index (χ3v) is 5.18. The predicted octanol–water partition coefficient (Wildman–Crippen LogP) is 5.45. The Labute approximate surface area is 245 Å². The molecular formula is C28H33F3N6O6. The Morgan fingerprint density at radius 2 is 1.58 bits per heavy atom. The van der Waals surface area contributed by atoms with E-state index in [0.717, 1.165) is 6.07 Å². The lowest BCUT2D eigenvalue weighted by Gasteiger charge is -2.20. The van der Waals surface area contributed by atoms with Gasteiger partial charge in [-0.05, 0) is 71.4 Å². The summed E-state index contributed by atoms with van der Waals surface area (Å²) in [5, 5.41) is 15.0.